The number of nitrogens with zero attached hydrogens (tertiary/aromatic N) is 1. The monoisotopic (exact) mass is 107 g/mol. The first-order valence-corrected chi connectivity index (χ1v) is 1.87. The summed E-state index contributed by atoms with van der Waals surface area (Å²) in [7, 11) is 0. The minimum absolute atomic E-state index is 0.639. The van der Waals surface area contributed by atoms with Crippen LogP contribution in [0, 0.1) is 0 Å². The summed E-state index contributed by atoms with van der Waals surface area (Å²) in [6.07, 6.45) is 1.04. The molecule has 6 heavy (non-hydrogen) atoms. The third-order valence-electron chi connectivity index (χ3n) is 0.269. The highest BCUT2D eigenvalue weighted by Gasteiger charge is 2.08. The molecule has 0 N–H and O–H groups in total. The summed E-state index contributed by atoms with van der Waals surface area (Å²) < 4.78 is 4.27. The highest BCUT2D eigenvalue weighted by atomic mass is 32.2. The largest absolute Gasteiger partial charge is 0.455 e. The molecule has 0 unspecified atom stereocenters. The highest BCUT2D eigenvalue weighted by Crippen LogP contribution is 2.14. The summed E-state index contributed by atoms with van der Waals surface area (Å²) in [5.41, 5.74) is 0. The van der Waals surface area contributed by atoms with Gasteiger partial charge in [-0.2, -0.15) is 4.89 Å². The molecule has 1 aliphatic heterocycles. The number of hydrogen-bond acceptors (Lipinski definition) is 4. The van der Waals surface area contributed by atoms with Crippen LogP contribution >= 0.6 is 12.2 Å². The number of rotatable bonds is 0. The molecule has 0 saturated carbocycles. The van der Waals surface area contributed by atoms with E-state index in [0.717, 1.165) is 10.5 Å². The fraction of sp³-hybridized carbons (Fsp3) is 0. The Balaban J connectivity index is 2.32. The predicted octanol–water partition coefficient (Wildman–Crippen LogP) is -0.649. The Kier molecular flexibility index (Phi) is 0.952. The molecule has 0 aromatic heterocycles. The molecule has 0 amide bonds. The highest BCUT2D eigenvalue weighted by molar-refractivity contribution is 7.93. The van der Waals surface area contributed by atoms with Gasteiger partial charge >= 0.3 is 12.2 Å². The Morgan fingerprint density at radius 3 is 3.00 bits per heavy atom. The van der Waals surface area contributed by atoms with Gasteiger partial charge in [-0.3, -0.25) is 0 Å². The van der Waals surface area contributed by atoms with E-state index in [9.17, 15) is 5.26 Å². The average Bonchev–Trinajstić information content (AvgIpc) is 1.86. The van der Waals surface area contributed by atoms with Gasteiger partial charge in [0, 0.05) is 0 Å². The van der Waals surface area contributed by atoms with Crippen molar-refractivity contribution in [3.63, 3.8) is 0 Å². The lowest BCUT2D eigenvalue weighted by molar-refractivity contribution is -0.823. The SMILES string of the molecule is [O-][O+]1OC=NS1. The molecule has 0 aromatic carbocycles. The lowest BCUT2D eigenvalue weighted by Crippen LogP contribution is -2.14. The van der Waals surface area contributed by atoms with Gasteiger partial charge in [-0.05, 0) is 0 Å². The molecule has 0 radical (unpaired) electrons. The molecule has 0 aliphatic carbocycles. The second-order valence-electron chi connectivity index (χ2n) is 0.586. The average molecular weight is 107 g/mol. The van der Waals surface area contributed by atoms with Gasteiger partial charge in [0.2, 0.25) is 0 Å². The van der Waals surface area contributed by atoms with Gasteiger partial charge in [0.1, 0.15) is 0 Å². The van der Waals surface area contributed by atoms with Crippen molar-refractivity contribution in [3.05, 3.63) is 0 Å². The second kappa shape index (κ2) is 1.46. The summed E-state index contributed by atoms with van der Waals surface area (Å²) in [5.74, 6) is 0. The van der Waals surface area contributed by atoms with Crippen molar-refractivity contribution in [3.8, 4) is 0 Å². The Labute approximate surface area is 38.3 Å². The maximum atomic E-state index is 9.69. The first-order chi connectivity index (χ1) is 2.89. The van der Waals surface area contributed by atoms with Crippen molar-refractivity contribution in [2.24, 2.45) is 4.40 Å². The van der Waals surface area contributed by atoms with E-state index in [-0.39, 0.29) is 0 Å². The van der Waals surface area contributed by atoms with E-state index in [2.05, 4.69) is 9.29 Å². The molecule has 5 heteroatoms. The van der Waals surface area contributed by atoms with Crippen LogP contribution in [0.4, 0.5) is 0 Å². The van der Waals surface area contributed by atoms with E-state index in [0.29, 0.717) is 12.2 Å². The summed E-state index contributed by atoms with van der Waals surface area (Å²) in [6.45, 7) is 0. The third-order valence-corrected chi connectivity index (χ3v) is 0.641. The van der Waals surface area contributed by atoms with Crippen molar-refractivity contribution < 1.29 is 14.3 Å². The third kappa shape index (κ3) is 0.618. The van der Waals surface area contributed by atoms with Gasteiger partial charge in [0.05, 0.1) is 0 Å². The first kappa shape index (κ1) is 3.91. The molecule has 1 heterocycles. The van der Waals surface area contributed by atoms with Crippen molar-refractivity contribution in [1.29, 1.82) is 0 Å². The smallest absolute Gasteiger partial charge is 0.412 e. The van der Waals surface area contributed by atoms with Crippen molar-refractivity contribution >= 4 is 18.6 Å². The molecule has 0 fully saturated rings. The van der Waals surface area contributed by atoms with Crippen LogP contribution in [0.1, 0.15) is 0 Å². The van der Waals surface area contributed by atoms with Crippen LogP contribution < -0.4 is 5.26 Å². The summed E-state index contributed by atoms with van der Waals surface area (Å²) >= 11 is 0.639. The van der Waals surface area contributed by atoms with Crippen LogP contribution in [0.25, 0.3) is 0 Å². The molecular weight excluding hydrogens is 106 g/mol. The Hall–Kier alpha value is -0.260. The fourth-order valence-corrected chi connectivity index (χ4v) is 0.334. The normalized spacial score (nSPS) is 21.5. The van der Waals surface area contributed by atoms with E-state index in [1.54, 1.807) is 0 Å². The van der Waals surface area contributed by atoms with Crippen LogP contribution in [0.5, 0.6) is 0 Å². The van der Waals surface area contributed by atoms with Gasteiger partial charge in [0.15, 0.2) is 0 Å². The van der Waals surface area contributed by atoms with E-state index in [1.807, 2.05) is 0 Å². The molecule has 34 valence electrons. The zero-order valence-corrected chi connectivity index (χ0v) is 3.47. The molecular formula is CHNO3S. The predicted molar refractivity (Wildman–Crippen MR) is 18.3 cm³/mol. The number of hydrogen-bond donors (Lipinski definition) is 0. The topological polar surface area (TPSA) is 47.4 Å². The maximum absolute atomic E-state index is 9.69. The van der Waals surface area contributed by atoms with Crippen molar-refractivity contribution in [2.45, 2.75) is 0 Å². The molecule has 0 atom stereocenters. The quantitative estimate of drug-likeness (QED) is 0.179. The molecule has 0 saturated heterocycles. The minimum atomic E-state index is 0.639. The molecule has 0 aromatic rings. The van der Waals surface area contributed by atoms with E-state index in [1.165, 1.54) is 0 Å². The van der Waals surface area contributed by atoms with Gasteiger partial charge in [0.25, 0.3) is 6.40 Å². The summed E-state index contributed by atoms with van der Waals surface area (Å²) in [5, 5.41) is 9.69. The van der Waals surface area contributed by atoms with Gasteiger partial charge in [-0.15, -0.1) is 0 Å². The molecule has 0 bridgehead atoms. The molecule has 4 nitrogen and oxygen atoms in total. The first-order valence-electron chi connectivity index (χ1n) is 1.18. The van der Waals surface area contributed by atoms with Crippen LogP contribution in [0.2, 0.25) is 0 Å². The molecule has 1 rings (SSSR count). The van der Waals surface area contributed by atoms with Crippen LogP contribution in [-0.4, -0.2) is 6.40 Å². The lowest BCUT2D eigenvalue weighted by Gasteiger charge is -1.96. The second-order valence-corrected chi connectivity index (χ2v) is 1.22. The van der Waals surface area contributed by atoms with Crippen LogP contribution in [-0.2, 0) is 9.00 Å². The van der Waals surface area contributed by atoms with E-state index < -0.39 is 0 Å². The van der Waals surface area contributed by atoms with Gasteiger partial charge < -0.3 is 5.26 Å². The van der Waals surface area contributed by atoms with Gasteiger partial charge in [-0.1, -0.05) is 8.51 Å². The van der Waals surface area contributed by atoms with Crippen molar-refractivity contribution in [1.82, 2.24) is 0 Å². The van der Waals surface area contributed by atoms with E-state index >= 15 is 0 Å². The van der Waals surface area contributed by atoms with Crippen molar-refractivity contribution in [2.75, 3.05) is 0 Å². The minimum Gasteiger partial charge on any atom is -0.455 e. The lowest BCUT2D eigenvalue weighted by atomic mass is 11.6. The maximum Gasteiger partial charge on any atom is 0.412 e. The van der Waals surface area contributed by atoms with Crippen LogP contribution in [0.15, 0.2) is 4.40 Å². The Bertz CT molecular complexity index is 65.2. The summed E-state index contributed by atoms with van der Waals surface area (Å²) in [6, 6.07) is 0. The summed E-state index contributed by atoms with van der Waals surface area (Å²) in [4.78, 5) is 4.02. The van der Waals surface area contributed by atoms with Gasteiger partial charge in [-0.25, -0.2) is 0 Å². The zero-order valence-electron chi connectivity index (χ0n) is 2.66. The Morgan fingerprint density at radius 2 is 2.83 bits per heavy atom. The Morgan fingerprint density at radius 1 is 2.00 bits per heavy atom. The van der Waals surface area contributed by atoms with Crippen LogP contribution in [0.3, 0.4) is 0 Å². The fourth-order valence-electron chi connectivity index (χ4n) is 0.123. The standard InChI is InChI=1S/CHNO3S/c3-5-4-1-2-6-5/h1H. The molecule has 0 spiro atoms. The zero-order chi connectivity index (χ0) is 4.41. The van der Waals surface area contributed by atoms with E-state index in [4.69, 9.17) is 0 Å². The molecule has 1 aliphatic rings.